The van der Waals surface area contributed by atoms with Gasteiger partial charge in [-0.3, -0.25) is 0 Å². The number of aliphatic hydroxyl groups excluding tert-OH is 1. The maximum Gasteiger partial charge on any atom is 0.118 e. The van der Waals surface area contributed by atoms with Gasteiger partial charge in [-0.1, -0.05) is 13.8 Å². The minimum Gasteiger partial charge on any atom is -0.389 e. The van der Waals surface area contributed by atoms with E-state index in [-0.39, 0.29) is 12.6 Å². The first-order valence-corrected chi connectivity index (χ1v) is 5.32. The molecule has 0 amide bonds. The number of thiazole rings is 1. The molecule has 3 nitrogen and oxygen atoms in total. The van der Waals surface area contributed by atoms with E-state index in [1.807, 2.05) is 5.38 Å². The molecule has 0 aliphatic heterocycles. The summed E-state index contributed by atoms with van der Waals surface area (Å²) in [5, 5.41) is 11.5. The molecule has 0 saturated heterocycles. The Labute approximate surface area is 82.6 Å². The van der Waals surface area contributed by atoms with E-state index in [2.05, 4.69) is 18.8 Å². The fraction of sp³-hybridized carbons (Fsp3) is 0.667. The van der Waals surface area contributed by atoms with Crippen molar-refractivity contribution < 1.29 is 5.11 Å². The van der Waals surface area contributed by atoms with Crippen molar-refractivity contribution in [3.8, 4) is 0 Å². The third-order valence-electron chi connectivity index (χ3n) is 1.81. The van der Waals surface area contributed by atoms with Crippen LogP contribution in [0.15, 0.2) is 5.38 Å². The fourth-order valence-electron chi connectivity index (χ4n) is 1.20. The monoisotopic (exact) mass is 200 g/mol. The van der Waals surface area contributed by atoms with Crippen molar-refractivity contribution in [1.29, 1.82) is 0 Å². The minimum absolute atomic E-state index is 0.0107. The largest absolute Gasteiger partial charge is 0.389 e. The molecule has 1 rings (SSSR count). The molecule has 0 saturated carbocycles. The zero-order valence-corrected chi connectivity index (χ0v) is 8.84. The summed E-state index contributed by atoms with van der Waals surface area (Å²) in [6.07, 6.45) is 0.939. The van der Waals surface area contributed by atoms with Crippen molar-refractivity contribution in [1.82, 2.24) is 4.98 Å². The molecule has 3 N–H and O–H groups in total. The summed E-state index contributed by atoms with van der Waals surface area (Å²) in [4.78, 5) is 4.23. The molecule has 4 heteroatoms. The quantitative estimate of drug-likeness (QED) is 0.777. The van der Waals surface area contributed by atoms with Gasteiger partial charge in [0.1, 0.15) is 5.01 Å². The van der Waals surface area contributed by atoms with Crippen LogP contribution in [0.4, 0.5) is 0 Å². The SMILES string of the molecule is CC(C)CC(N)c1csc(CO)n1. The molecule has 0 radical (unpaired) electrons. The summed E-state index contributed by atoms with van der Waals surface area (Å²) in [5.41, 5.74) is 6.83. The van der Waals surface area contributed by atoms with Crippen LogP contribution in [0.25, 0.3) is 0 Å². The number of nitrogens with zero attached hydrogens (tertiary/aromatic N) is 1. The van der Waals surface area contributed by atoms with E-state index in [9.17, 15) is 0 Å². The lowest BCUT2D eigenvalue weighted by atomic mass is 10.0. The summed E-state index contributed by atoms with van der Waals surface area (Å²) >= 11 is 1.46. The van der Waals surface area contributed by atoms with Gasteiger partial charge in [0, 0.05) is 11.4 Å². The van der Waals surface area contributed by atoms with Crippen LogP contribution >= 0.6 is 11.3 Å². The number of rotatable bonds is 4. The molecule has 1 atom stereocenters. The molecule has 13 heavy (non-hydrogen) atoms. The highest BCUT2D eigenvalue weighted by Crippen LogP contribution is 2.20. The van der Waals surface area contributed by atoms with Gasteiger partial charge in [0.25, 0.3) is 0 Å². The first-order chi connectivity index (χ1) is 6.13. The predicted octanol–water partition coefficient (Wildman–Crippen LogP) is 1.68. The van der Waals surface area contributed by atoms with E-state index in [1.54, 1.807) is 0 Å². The first-order valence-electron chi connectivity index (χ1n) is 4.44. The highest BCUT2D eigenvalue weighted by Gasteiger charge is 2.11. The van der Waals surface area contributed by atoms with Gasteiger partial charge in [0.15, 0.2) is 0 Å². The minimum atomic E-state index is 0.0107. The third kappa shape index (κ3) is 3.06. The lowest BCUT2D eigenvalue weighted by molar-refractivity contribution is 0.280. The predicted molar refractivity (Wildman–Crippen MR) is 54.4 cm³/mol. The molecule has 0 fully saturated rings. The Morgan fingerprint density at radius 2 is 2.31 bits per heavy atom. The average Bonchev–Trinajstić information content (AvgIpc) is 2.50. The first kappa shape index (κ1) is 10.6. The standard InChI is InChI=1S/C9H16N2OS/c1-6(2)3-7(10)8-5-13-9(4-12)11-8/h5-7,12H,3-4,10H2,1-2H3. The maximum atomic E-state index is 8.82. The van der Waals surface area contributed by atoms with Gasteiger partial charge in [0.05, 0.1) is 12.3 Å². The normalized spacial score (nSPS) is 13.6. The Hall–Kier alpha value is -0.450. The number of hydrogen-bond donors (Lipinski definition) is 2. The third-order valence-corrected chi connectivity index (χ3v) is 2.66. The second-order valence-electron chi connectivity index (χ2n) is 3.56. The highest BCUT2D eigenvalue weighted by molar-refractivity contribution is 7.09. The van der Waals surface area contributed by atoms with Gasteiger partial charge in [-0.25, -0.2) is 4.98 Å². The molecule has 1 unspecified atom stereocenters. The van der Waals surface area contributed by atoms with E-state index in [1.165, 1.54) is 11.3 Å². The Bertz CT molecular complexity index is 260. The zero-order chi connectivity index (χ0) is 9.84. The lowest BCUT2D eigenvalue weighted by Crippen LogP contribution is -2.13. The Morgan fingerprint density at radius 3 is 2.77 bits per heavy atom. The zero-order valence-electron chi connectivity index (χ0n) is 8.03. The Balaban J connectivity index is 2.60. The number of nitrogens with two attached hydrogens (primary N) is 1. The van der Waals surface area contributed by atoms with Gasteiger partial charge < -0.3 is 10.8 Å². The van der Waals surface area contributed by atoms with Crippen LogP contribution in [-0.4, -0.2) is 10.1 Å². The van der Waals surface area contributed by atoms with E-state index in [0.717, 1.165) is 17.1 Å². The summed E-state index contributed by atoms with van der Waals surface area (Å²) in [6.45, 7) is 4.29. The Kier molecular flexibility index (Phi) is 3.84. The maximum absolute atomic E-state index is 8.82. The van der Waals surface area contributed by atoms with E-state index >= 15 is 0 Å². The van der Waals surface area contributed by atoms with Crippen molar-refractivity contribution in [2.75, 3.05) is 0 Å². The van der Waals surface area contributed by atoms with Crippen molar-refractivity contribution in [3.63, 3.8) is 0 Å². The van der Waals surface area contributed by atoms with Gasteiger partial charge in [-0.2, -0.15) is 0 Å². The van der Waals surface area contributed by atoms with Crippen molar-refractivity contribution in [2.45, 2.75) is 32.9 Å². The second kappa shape index (κ2) is 4.69. The Morgan fingerprint density at radius 1 is 1.62 bits per heavy atom. The summed E-state index contributed by atoms with van der Waals surface area (Å²) in [7, 11) is 0. The van der Waals surface area contributed by atoms with Crippen LogP contribution in [0, 0.1) is 5.92 Å². The molecule has 0 aliphatic carbocycles. The van der Waals surface area contributed by atoms with Gasteiger partial charge in [0.2, 0.25) is 0 Å². The molecule has 0 bridgehead atoms. The average molecular weight is 200 g/mol. The van der Waals surface area contributed by atoms with E-state index < -0.39 is 0 Å². The fourth-order valence-corrected chi connectivity index (χ4v) is 1.91. The number of hydrogen-bond acceptors (Lipinski definition) is 4. The highest BCUT2D eigenvalue weighted by atomic mass is 32.1. The van der Waals surface area contributed by atoms with Crippen LogP contribution in [0.2, 0.25) is 0 Å². The van der Waals surface area contributed by atoms with Crippen LogP contribution in [0.1, 0.15) is 37.0 Å². The number of aromatic nitrogens is 1. The molecule has 0 spiro atoms. The molecule has 0 aliphatic rings. The van der Waals surface area contributed by atoms with E-state index in [4.69, 9.17) is 10.8 Å². The second-order valence-corrected chi connectivity index (χ2v) is 4.50. The molecular formula is C9H16N2OS. The summed E-state index contributed by atoms with van der Waals surface area (Å²) in [5.74, 6) is 0.578. The summed E-state index contributed by atoms with van der Waals surface area (Å²) < 4.78 is 0. The molecular weight excluding hydrogens is 184 g/mol. The molecule has 1 aromatic rings. The molecule has 74 valence electrons. The smallest absolute Gasteiger partial charge is 0.118 e. The molecule has 1 heterocycles. The number of aliphatic hydroxyl groups is 1. The van der Waals surface area contributed by atoms with Crippen LogP contribution in [0.5, 0.6) is 0 Å². The molecule has 1 aromatic heterocycles. The lowest BCUT2D eigenvalue weighted by Gasteiger charge is -2.10. The van der Waals surface area contributed by atoms with Crippen LogP contribution < -0.4 is 5.73 Å². The van der Waals surface area contributed by atoms with Gasteiger partial charge in [-0.05, 0) is 12.3 Å². The van der Waals surface area contributed by atoms with Crippen molar-refractivity contribution in [2.24, 2.45) is 11.7 Å². The van der Waals surface area contributed by atoms with Gasteiger partial charge >= 0.3 is 0 Å². The van der Waals surface area contributed by atoms with Crippen molar-refractivity contribution in [3.05, 3.63) is 16.1 Å². The summed E-state index contributed by atoms with van der Waals surface area (Å²) in [6, 6.07) is 0.0107. The van der Waals surface area contributed by atoms with E-state index in [0.29, 0.717) is 5.92 Å². The van der Waals surface area contributed by atoms with Gasteiger partial charge in [-0.15, -0.1) is 11.3 Å². The topological polar surface area (TPSA) is 59.1 Å². The molecule has 0 aromatic carbocycles. The van der Waals surface area contributed by atoms with Crippen LogP contribution in [0.3, 0.4) is 0 Å². The van der Waals surface area contributed by atoms with Crippen LogP contribution in [-0.2, 0) is 6.61 Å². The van der Waals surface area contributed by atoms with Crippen molar-refractivity contribution >= 4 is 11.3 Å².